The summed E-state index contributed by atoms with van der Waals surface area (Å²) in [7, 11) is 0. The van der Waals surface area contributed by atoms with Crippen molar-refractivity contribution in [3.05, 3.63) is 48.0 Å². The first-order valence-electron chi connectivity index (χ1n) is 12.1. The second kappa shape index (κ2) is 9.73. The van der Waals surface area contributed by atoms with E-state index in [1.54, 1.807) is 17.0 Å². The highest BCUT2D eigenvalue weighted by atomic mass is 19.1. The molecule has 0 saturated carbocycles. The third-order valence-corrected chi connectivity index (χ3v) is 7.10. The maximum Gasteiger partial charge on any atom is 0.253 e. The number of piperidine rings is 1. The summed E-state index contributed by atoms with van der Waals surface area (Å²) in [6.45, 7) is 5.31. The van der Waals surface area contributed by atoms with Gasteiger partial charge in [0.1, 0.15) is 12.4 Å². The van der Waals surface area contributed by atoms with Crippen LogP contribution < -0.4 is 9.80 Å². The number of carbonyl (C=O) groups is 1. The van der Waals surface area contributed by atoms with Gasteiger partial charge in [-0.3, -0.25) is 9.69 Å². The van der Waals surface area contributed by atoms with Crippen LogP contribution in [0, 0.1) is 5.82 Å². The number of anilines is 2. The van der Waals surface area contributed by atoms with E-state index in [0.717, 1.165) is 69.3 Å². The Balaban J connectivity index is 1.23. The van der Waals surface area contributed by atoms with Crippen LogP contribution in [0.15, 0.2) is 36.5 Å². The molecule has 1 unspecified atom stereocenters. The third kappa shape index (κ3) is 5.17. The Labute approximate surface area is 194 Å². The second-order valence-electron chi connectivity index (χ2n) is 9.45. The molecule has 2 aromatic rings. The zero-order valence-corrected chi connectivity index (χ0v) is 19.1. The third-order valence-electron chi connectivity index (χ3n) is 7.10. The Morgan fingerprint density at radius 3 is 2.61 bits per heavy atom. The van der Waals surface area contributed by atoms with E-state index in [9.17, 15) is 9.18 Å². The van der Waals surface area contributed by atoms with Crippen LogP contribution in [0.2, 0.25) is 0 Å². The quantitative estimate of drug-likeness (QED) is 0.707. The van der Waals surface area contributed by atoms with Crippen LogP contribution in [0.3, 0.4) is 0 Å². The first-order valence-corrected chi connectivity index (χ1v) is 12.1. The van der Waals surface area contributed by atoms with Gasteiger partial charge in [-0.15, -0.1) is 0 Å². The lowest BCUT2D eigenvalue weighted by Gasteiger charge is -2.42. The van der Waals surface area contributed by atoms with Gasteiger partial charge in [-0.25, -0.2) is 14.4 Å². The summed E-state index contributed by atoms with van der Waals surface area (Å²) < 4.78 is 19.5. The van der Waals surface area contributed by atoms with E-state index < -0.39 is 0 Å². The van der Waals surface area contributed by atoms with Crippen LogP contribution in [0.5, 0.6) is 0 Å². The number of aromatic nitrogens is 2. The number of rotatable bonds is 4. The molecule has 0 radical (unpaired) electrons. The smallest absolute Gasteiger partial charge is 0.253 e. The number of morpholine rings is 1. The molecule has 4 heterocycles. The monoisotopic (exact) mass is 453 g/mol. The average molecular weight is 454 g/mol. The molecule has 176 valence electrons. The van der Waals surface area contributed by atoms with Gasteiger partial charge in [0, 0.05) is 38.1 Å². The normalized spacial score (nSPS) is 24.8. The Kier molecular flexibility index (Phi) is 6.55. The summed E-state index contributed by atoms with van der Waals surface area (Å²) in [6.07, 6.45) is 8.33. The Hall–Kier alpha value is -2.58. The molecule has 1 aromatic carbocycles. The molecule has 8 heteroatoms. The Morgan fingerprint density at radius 2 is 1.79 bits per heavy atom. The van der Waals surface area contributed by atoms with Crippen molar-refractivity contribution in [1.29, 1.82) is 0 Å². The number of nitrogens with zero attached hydrogens (tertiary/aromatic N) is 5. The van der Waals surface area contributed by atoms with E-state index in [-0.39, 0.29) is 23.9 Å². The largest absolute Gasteiger partial charge is 0.363 e. The average Bonchev–Trinajstić information content (AvgIpc) is 3.04. The van der Waals surface area contributed by atoms with Gasteiger partial charge in [-0.05, 0) is 75.4 Å². The van der Waals surface area contributed by atoms with E-state index in [1.165, 1.54) is 31.4 Å². The highest BCUT2D eigenvalue weighted by molar-refractivity contribution is 5.95. The van der Waals surface area contributed by atoms with Crippen molar-refractivity contribution < 1.29 is 13.9 Å². The SMILES string of the molecule is O=C1COC2(CCCN(Cc3ccnc(N4CCCCC4)n3)CC2)CN1c1ccc(F)cc1. The van der Waals surface area contributed by atoms with Crippen molar-refractivity contribution in [2.45, 2.75) is 50.7 Å². The molecule has 0 aliphatic carbocycles. The van der Waals surface area contributed by atoms with Gasteiger partial charge < -0.3 is 14.5 Å². The van der Waals surface area contributed by atoms with Crippen LogP contribution in [-0.4, -0.2) is 65.7 Å². The molecule has 1 amide bonds. The van der Waals surface area contributed by atoms with Crippen LogP contribution in [-0.2, 0) is 16.1 Å². The molecule has 5 rings (SSSR count). The minimum atomic E-state index is -0.359. The van der Waals surface area contributed by atoms with E-state index in [4.69, 9.17) is 9.72 Å². The van der Waals surface area contributed by atoms with Crippen LogP contribution in [0.25, 0.3) is 0 Å². The lowest BCUT2D eigenvalue weighted by atomic mass is 9.92. The fourth-order valence-corrected chi connectivity index (χ4v) is 5.20. The molecule has 0 N–H and O–H groups in total. The Bertz CT molecular complexity index is 966. The van der Waals surface area contributed by atoms with Crippen LogP contribution in [0.1, 0.15) is 44.2 Å². The number of hydrogen-bond donors (Lipinski definition) is 0. The van der Waals surface area contributed by atoms with Gasteiger partial charge in [-0.1, -0.05) is 0 Å². The fourth-order valence-electron chi connectivity index (χ4n) is 5.20. The zero-order chi connectivity index (χ0) is 22.7. The van der Waals surface area contributed by atoms with Crippen molar-refractivity contribution in [2.75, 3.05) is 49.1 Å². The topological polar surface area (TPSA) is 61.8 Å². The van der Waals surface area contributed by atoms with E-state index in [2.05, 4.69) is 14.8 Å². The first kappa shape index (κ1) is 22.2. The van der Waals surface area contributed by atoms with E-state index >= 15 is 0 Å². The summed E-state index contributed by atoms with van der Waals surface area (Å²) in [5, 5.41) is 0. The fraction of sp³-hybridized carbons (Fsp3) is 0.560. The van der Waals surface area contributed by atoms with Gasteiger partial charge in [0.2, 0.25) is 5.95 Å². The predicted molar refractivity (Wildman–Crippen MR) is 125 cm³/mol. The summed E-state index contributed by atoms with van der Waals surface area (Å²) in [5.41, 5.74) is 1.42. The highest BCUT2D eigenvalue weighted by Crippen LogP contribution is 2.33. The summed E-state index contributed by atoms with van der Waals surface area (Å²) in [6, 6.07) is 8.16. The van der Waals surface area contributed by atoms with Crippen molar-refractivity contribution in [3.8, 4) is 0 Å². The molecule has 3 aliphatic rings. The number of carbonyl (C=O) groups excluding carboxylic acids is 1. The summed E-state index contributed by atoms with van der Waals surface area (Å²) in [4.78, 5) is 28.4. The summed E-state index contributed by atoms with van der Waals surface area (Å²) >= 11 is 0. The minimum Gasteiger partial charge on any atom is -0.363 e. The van der Waals surface area contributed by atoms with Crippen molar-refractivity contribution in [3.63, 3.8) is 0 Å². The molecule has 33 heavy (non-hydrogen) atoms. The first-order chi connectivity index (χ1) is 16.1. The predicted octanol–water partition coefficient (Wildman–Crippen LogP) is 3.39. The molecular formula is C25H32FN5O2. The van der Waals surface area contributed by atoms with Gasteiger partial charge in [0.05, 0.1) is 17.8 Å². The van der Waals surface area contributed by atoms with Crippen LogP contribution >= 0.6 is 0 Å². The number of amides is 1. The number of ether oxygens (including phenoxy) is 1. The van der Waals surface area contributed by atoms with Crippen molar-refractivity contribution in [2.24, 2.45) is 0 Å². The van der Waals surface area contributed by atoms with E-state index in [1.807, 2.05) is 12.3 Å². The molecule has 1 atom stereocenters. The van der Waals surface area contributed by atoms with Crippen molar-refractivity contribution >= 4 is 17.5 Å². The van der Waals surface area contributed by atoms with Gasteiger partial charge in [-0.2, -0.15) is 0 Å². The van der Waals surface area contributed by atoms with E-state index in [0.29, 0.717) is 6.54 Å². The standard InChI is InChI=1S/C25H32FN5O2/c26-20-5-7-22(8-6-20)31-19-25(33-18-23(31)32)10-4-13-29(16-11-25)17-21-9-12-27-24(28-21)30-14-2-1-3-15-30/h5-9,12H,1-4,10-11,13-19H2. The molecular weight excluding hydrogens is 421 g/mol. The number of benzene rings is 1. The summed E-state index contributed by atoms with van der Waals surface area (Å²) in [5.74, 6) is 0.481. The lowest BCUT2D eigenvalue weighted by Crippen LogP contribution is -2.55. The van der Waals surface area contributed by atoms with Gasteiger partial charge in [0.25, 0.3) is 5.91 Å². The molecule has 3 saturated heterocycles. The molecule has 3 fully saturated rings. The second-order valence-corrected chi connectivity index (χ2v) is 9.45. The zero-order valence-electron chi connectivity index (χ0n) is 19.1. The molecule has 7 nitrogen and oxygen atoms in total. The maximum absolute atomic E-state index is 13.4. The molecule has 1 spiro atoms. The number of halogens is 1. The lowest BCUT2D eigenvalue weighted by molar-refractivity contribution is -0.140. The molecule has 0 bridgehead atoms. The number of hydrogen-bond acceptors (Lipinski definition) is 6. The molecule has 3 aliphatic heterocycles. The molecule has 1 aromatic heterocycles. The number of likely N-dealkylation sites (tertiary alicyclic amines) is 1. The van der Waals surface area contributed by atoms with Crippen LogP contribution in [0.4, 0.5) is 16.0 Å². The maximum atomic E-state index is 13.4. The minimum absolute atomic E-state index is 0.0698. The highest BCUT2D eigenvalue weighted by Gasteiger charge is 2.41. The van der Waals surface area contributed by atoms with Gasteiger partial charge >= 0.3 is 0 Å². The van der Waals surface area contributed by atoms with Crippen molar-refractivity contribution in [1.82, 2.24) is 14.9 Å². The Morgan fingerprint density at radius 1 is 0.970 bits per heavy atom. The van der Waals surface area contributed by atoms with Gasteiger partial charge in [0.15, 0.2) is 0 Å².